The molecule has 2 unspecified atom stereocenters. The molecule has 0 aliphatic carbocycles. The Kier molecular flexibility index (Phi) is 6.24. The summed E-state index contributed by atoms with van der Waals surface area (Å²) in [4.78, 5) is 0. The molecule has 0 saturated carbocycles. The van der Waals surface area contributed by atoms with Crippen molar-refractivity contribution in [2.24, 2.45) is 11.8 Å². The maximum atomic E-state index is 5.84. The molecule has 0 bridgehead atoms. The predicted molar refractivity (Wildman–Crippen MR) is 79.3 cm³/mol. The first kappa shape index (κ1) is 15.1. The van der Waals surface area contributed by atoms with Gasteiger partial charge in [-0.3, -0.25) is 0 Å². The number of hydrogen-bond donors (Lipinski definition) is 0. The lowest BCUT2D eigenvalue weighted by Crippen LogP contribution is -2.11. The van der Waals surface area contributed by atoms with Crippen molar-refractivity contribution >= 4 is 0 Å². The van der Waals surface area contributed by atoms with E-state index in [4.69, 9.17) is 4.74 Å². The Bertz CT molecular complexity index is 326. The molecule has 1 nitrogen and oxygen atoms in total. The maximum Gasteiger partial charge on any atom is 0.119 e. The van der Waals surface area contributed by atoms with E-state index in [1.165, 1.54) is 18.4 Å². The fourth-order valence-electron chi connectivity index (χ4n) is 2.24. The van der Waals surface area contributed by atoms with Crippen molar-refractivity contribution in [3.8, 4) is 5.75 Å². The second-order valence-electron chi connectivity index (χ2n) is 5.92. The Morgan fingerprint density at radius 2 is 1.61 bits per heavy atom. The molecule has 1 aromatic rings. The van der Waals surface area contributed by atoms with Gasteiger partial charge in [0.15, 0.2) is 0 Å². The Morgan fingerprint density at radius 3 is 2.11 bits per heavy atom. The second kappa shape index (κ2) is 7.45. The molecule has 18 heavy (non-hydrogen) atoms. The van der Waals surface area contributed by atoms with Gasteiger partial charge < -0.3 is 4.74 Å². The monoisotopic (exact) mass is 248 g/mol. The van der Waals surface area contributed by atoms with E-state index in [1.807, 2.05) is 0 Å². The van der Waals surface area contributed by atoms with Gasteiger partial charge in [-0.15, -0.1) is 0 Å². The smallest absolute Gasteiger partial charge is 0.119 e. The van der Waals surface area contributed by atoms with Crippen LogP contribution in [0.3, 0.4) is 0 Å². The molecule has 0 spiro atoms. The van der Waals surface area contributed by atoms with E-state index in [2.05, 4.69) is 58.9 Å². The first-order chi connectivity index (χ1) is 8.52. The average molecular weight is 248 g/mol. The van der Waals surface area contributed by atoms with Crippen LogP contribution < -0.4 is 4.74 Å². The van der Waals surface area contributed by atoms with Crippen molar-refractivity contribution in [2.45, 2.75) is 53.4 Å². The zero-order chi connectivity index (χ0) is 13.5. The van der Waals surface area contributed by atoms with E-state index >= 15 is 0 Å². The van der Waals surface area contributed by atoms with Crippen molar-refractivity contribution < 1.29 is 4.74 Å². The van der Waals surface area contributed by atoms with Gasteiger partial charge in [-0.1, -0.05) is 46.8 Å². The molecule has 0 aliphatic heterocycles. The molecule has 1 rings (SSSR count). The Balaban J connectivity index is 2.44. The first-order valence-corrected chi connectivity index (χ1v) is 7.25. The lowest BCUT2D eigenvalue weighted by molar-refractivity contribution is 0.239. The predicted octanol–water partition coefficient (Wildman–Crippen LogP) is 5.26. The van der Waals surface area contributed by atoms with Crippen LogP contribution in [0.5, 0.6) is 5.75 Å². The number of hydrogen-bond acceptors (Lipinski definition) is 1. The fraction of sp³-hybridized carbons (Fsp3) is 0.647. The minimum Gasteiger partial charge on any atom is -0.493 e. The highest BCUT2D eigenvalue weighted by atomic mass is 16.5. The Morgan fingerprint density at radius 1 is 1.00 bits per heavy atom. The lowest BCUT2D eigenvalue weighted by Gasteiger charge is -2.15. The van der Waals surface area contributed by atoms with Gasteiger partial charge in [-0.05, 0) is 48.3 Å². The van der Waals surface area contributed by atoms with Crippen molar-refractivity contribution in [3.05, 3.63) is 29.8 Å². The quantitative estimate of drug-likeness (QED) is 0.639. The molecule has 1 heteroatoms. The number of ether oxygens (including phenoxy) is 1. The highest BCUT2D eigenvalue weighted by Gasteiger charge is 2.07. The molecular weight excluding hydrogens is 220 g/mol. The van der Waals surface area contributed by atoms with E-state index in [1.54, 1.807) is 0 Å². The van der Waals surface area contributed by atoms with Crippen LogP contribution in [0.25, 0.3) is 0 Å². The van der Waals surface area contributed by atoms with Gasteiger partial charge in [0.25, 0.3) is 0 Å². The summed E-state index contributed by atoms with van der Waals surface area (Å²) in [6.45, 7) is 12.1. The molecule has 102 valence electrons. The van der Waals surface area contributed by atoms with Crippen molar-refractivity contribution in [2.75, 3.05) is 6.61 Å². The summed E-state index contributed by atoms with van der Waals surface area (Å²) in [5, 5.41) is 0. The summed E-state index contributed by atoms with van der Waals surface area (Å²) in [5.74, 6) is 3.01. The van der Waals surface area contributed by atoms with Crippen molar-refractivity contribution in [1.82, 2.24) is 0 Å². The topological polar surface area (TPSA) is 9.23 Å². The van der Waals surface area contributed by atoms with Gasteiger partial charge in [0.05, 0.1) is 6.61 Å². The van der Waals surface area contributed by atoms with Crippen LogP contribution in [0.4, 0.5) is 0 Å². The van der Waals surface area contributed by atoms with E-state index in [-0.39, 0.29) is 0 Å². The Hall–Kier alpha value is -0.980. The summed E-state index contributed by atoms with van der Waals surface area (Å²) >= 11 is 0. The SMILES string of the molecule is CCC(C)c1ccc(OCC(C)CC(C)C)cc1. The van der Waals surface area contributed by atoms with Crippen molar-refractivity contribution in [1.29, 1.82) is 0 Å². The van der Waals surface area contributed by atoms with Crippen LogP contribution in [0.1, 0.15) is 58.9 Å². The van der Waals surface area contributed by atoms with Crippen LogP contribution in [-0.4, -0.2) is 6.61 Å². The summed E-state index contributed by atoms with van der Waals surface area (Å²) in [6, 6.07) is 8.58. The standard InChI is InChI=1S/C17H28O/c1-6-15(5)16-7-9-17(10-8-16)18-12-14(4)11-13(2)3/h7-10,13-15H,6,11-12H2,1-5H3. The molecule has 2 atom stereocenters. The lowest BCUT2D eigenvalue weighted by atomic mass is 9.99. The third-order valence-corrected chi connectivity index (χ3v) is 3.47. The van der Waals surface area contributed by atoms with E-state index in [0.717, 1.165) is 18.3 Å². The van der Waals surface area contributed by atoms with Gasteiger partial charge in [0.1, 0.15) is 5.75 Å². The van der Waals surface area contributed by atoms with E-state index in [0.29, 0.717) is 11.8 Å². The second-order valence-corrected chi connectivity index (χ2v) is 5.92. The van der Waals surface area contributed by atoms with Gasteiger partial charge in [-0.2, -0.15) is 0 Å². The molecule has 0 radical (unpaired) electrons. The zero-order valence-electron chi connectivity index (χ0n) is 12.6. The summed E-state index contributed by atoms with van der Waals surface area (Å²) in [5.41, 5.74) is 1.40. The molecule has 0 fully saturated rings. The van der Waals surface area contributed by atoms with E-state index < -0.39 is 0 Å². The third kappa shape index (κ3) is 5.12. The normalized spacial score (nSPS) is 14.6. The molecule has 0 saturated heterocycles. The largest absolute Gasteiger partial charge is 0.493 e. The third-order valence-electron chi connectivity index (χ3n) is 3.47. The van der Waals surface area contributed by atoms with Crippen LogP contribution in [0, 0.1) is 11.8 Å². The average Bonchev–Trinajstić information content (AvgIpc) is 2.35. The fourth-order valence-corrected chi connectivity index (χ4v) is 2.24. The number of benzene rings is 1. The molecule has 0 aliphatic rings. The summed E-state index contributed by atoms with van der Waals surface area (Å²) in [7, 11) is 0. The van der Waals surface area contributed by atoms with Crippen LogP contribution in [0.2, 0.25) is 0 Å². The van der Waals surface area contributed by atoms with E-state index in [9.17, 15) is 0 Å². The van der Waals surface area contributed by atoms with Crippen LogP contribution in [-0.2, 0) is 0 Å². The molecule has 0 amide bonds. The molecule has 0 aromatic heterocycles. The Labute approximate surface area is 113 Å². The van der Waals surface area contributed by atoms with Crippen LogP contribution >= 0.6 is 0 Å². The van der Waals surface area contributed by atoms with Gasteiger partial charge >= 0.3 is 0 Å². The summed E-state index contributed by atoms with van der Waals surface area (Å²) < 4.78 is 5.84. The highest BCUT2D eigenvalue weighted by Crippen LogP contribution is 2.22. The molecular formula is C17H28O. The summed E-state index contributed by atoms with van der Waals surface area (Å²) in [6.07, 6.45) is 2.41. The maximum absolute atomic E-state index is 5.84. The van der Waals surface area contributed by atoms with Crippen LogP contribution in [0.15, 0.2) is 24.3 Å². The van der Waals surface area contributed by atoms with Gasteiger partial charge in [0, 0.05) is 0 Å². The molecule has 0 heterocycles. The van der Waals surface area contributed by atoms with Crippen molar-refractivity contribution in [3.63, 3.8) is 0 Å². The minimum absolute atomic E-state index is 0.624. The molecule has 1 aromatic carbocycles. The van der Waals surface area contributed by atoms with Gasteiger partial charge in [0.2, 0.25) is 0 Å². The minimum atomic E-state index is 0.624. The van der Waals surface area contributed by atoms with Gasteiger partial charge in [-0.25, -0.2) is 0 Å². The number of rotatable bonds is 7. The first-order valence-electron chi connectivity index (χ1n) is 7.25. The highest BCUT2D eigenvalue weighted by molar-refractivity contribution is 5.29. The zero-order valence-corrected chi connectivity index (χ0v) is 12.6. The molecule has 0 N–H and O–H groups in total.